The number of fused-ring (bicyclic) bond motifs is 1. The summed E-state index contributed by atoms with van der Waals surface area (Å²) in [6.45, 7) is 14.4. The average Bonchev–Trinajstić information content (AvgIpc) is 2.56. The maximum atomic E-state index is 10.2. The first-order valence-corrected chi connectivity index (χ1v) is 9.63. The van der Waals surface area contributed by atoms with Crippen LogP contribution < -0.4 is 10.9 Å². The molecule has 0 saturated heterocycles. The van der Waals surface area contributed by atoms with Gasteiger partial charge in [0.1, 0.15) is 0 Å². The largest absolute Gasteiger partial charge is 0.427 e. The molecule has 28 heavy (non-hydrogen) atoms. The molecule has 0 saturated carbocycles. The van der Waals surface area contributed by atoms with Crippen molar-refractivity contribution in [3.05, 3.63) is 36.4 Å². The van der Waals surface area contributed by atoms with Crippen molar-refractivity contribution in [2.24, 2.45) is 0 Å². The number of benzene rings is 2. The van der Waals surface area contributed by atoms with Crippen LogP contribution in [0, 0.1) is 0 Å². The highest BCUT2D eigenvalue weighted by Gasteiger charge is 2.36. The Bertz CT molecular complexity index is 753. The number of hydrogen-bond acceptors (Lipinski definition) is 4. The first-order chi connectivity index (χ1) is 12.6. The monoisotopic (exact) mass is 382 g/mol. The summed E-state index contributed by atoms with van der Waals surface area (Å²) in [5.41, 5.74) is -1.53. The van der Waals surface area contributed by atoms with Crippen LogP contribution in [-0.4, -0.2) is 47.6 Å². The van der Waals surface area contributed by atoms with Crippen molar-refractivity contribution in [2.75, 3.05) is 0 Å². The molecule has 0 unspecified atom stereocenters. The highest BCUT2D eigenvalue weighted by atomic mass is 16.5. The van der Waals surface area contributed by atoms with Crippen LogP contribution in [-0.2, 0) is 9.31 Å². The second-order valence-electron chi connectivity index (χ2n) is 9.48. The third kappa shape index (κ3) is 5.38. The molecule has 2 aromatic rings. The normalized spacial score (nSPS) is 13.6. The topological polar surface area (TPSA) is 58.9 Å². The molecule has 2 rings (SSSR count). The number of rotatable bonds is 8. The fourth-order valence-electron chi connectivity index (χ4n) is 2.15. The molecule has 0 aliphatic heterocycles. The van der Waals surface area contributed by atoms with Crippen LogP contribution in [0.15, 0.2) is 36.4 Å². The lowest BCUT2D eigenvalue weighted by Gasteiger charge is -2.37. The lowest BCUT2D eigenvalue weighted by atomic mass is 9.80. The fraction of sp³-hybridized carbons (Fsp3) is 0.545. The van der Waals surface area contributed by atoms with Crippen LogP contribution in [0.2, 0.25) is 0 Å². The molecule has 4 nitrogen and oxygen atoms in total. The van der Waals surface area contributed by atoms with Crippen LogP contribution in [0.25, 0.3) is 10.8 Å². The second kappa shape index (κ2) is 7.83. The Hall–Kier alpha value is -1.33. The Labute approximate surface area is 170 Å². The molecular weight excluding hydrogens is 350 g/mol. The summed E-state index contributed by atoms with van der Waals surface area (Å²) < 4.78 is 11.7. The molecule has 2 N–H and O–H groups in total. The van der Waals surface area contributed by atoms with E-state index in [0.717, 1.165) is 21.7 Å². The van der Waals surface area contributed by atoms with Gasteiger partial charge in [-0.25, -0.2) is 0 Å². The highest BCUT2D eigenvalue weighted by molar-refractivity contribution is 6.48. The lowest BCUT2D eigenvalue weighted by molar-refractivity contribution is -0.0893. The van der Waals surface area contributed by atoms with Gasteiger partial charge in [0, 0.05) is 0 Å². The van der Waals surface area contributed by atoms with Gasteiger partial charge in [0.15, 0.2) is 0 Å². The summed E-state index contributed by atoms with van der Waals surface area (Å²) in [5.74, 6) is 0. The van der Waals surface area contributed by atoms with Crippen molar-refractivity contribution in [1.29, 1.82) is 0 Å². The van der Waals surface area contributed by atoms with E-state index in [0.29, 0.717) is 0 Å². The molecule has 0 atom stereocenters. The Kier molecular flexibility index (Phi) is 6.42. The van der Waals surface area contributed by atoms with Crippen molar-refractivity contribution < 1.29 is 19.5 Å². The molecule has 0 aliphatic carbocycles. The Morgan fingerprint density at radius 1 is 0.607 bits per heavy atom. The fourth-order valence-corrected chi connectivity index (χ4v) is 2.15. The van der Waals surface area contributed by atoms with Crippen molar-refractivity contribution in [2.45, 2.75) is 77.8 Å². The lowest BCUT2D eigenvalue weighted by Crippen LogP contribution is -2.49. The summed E-state index contributed by atoms with van der Waals surface area (Å²) in [7, 11) is 3.36. The van der Waals surface area contributed by atoms with Crippen molar-refractivity contribution in [3.8, 4) is 0 Å². The SMILES string of the molecule is CC(C)(O)C(C)(C)O[B]c1ccc2ccc([B]OC(C)(C)C(C)(C)O)cc2c1. The second-order valence-corrected chi connectivity index (χ2v) is 9.48. The van der Waals surface area contributed by atoms with E-state index >= 15 is 0 Å². The first kappa shape index (κ1) is 23.0. The third-order valence-electron chi connectivity index (χ3n) is 5.81. The van der Waals surface area contributed by atoms with Crippen molar-refractivity contribution in [3.63, 3.8) is 0 Å². The van der Waals surface area contributed by atoms with Gasteiger partial charge < -0.3 is 19.5 Å². The van der Waals surface area contributed by atoms with Gasteiger partial charge in [0.2, 0.25) is 0 Å². The number of hydrogen-bond donors (Lipinski definition) is 2. The van der Waals surface area contributed by atoms with E-state index in [4.69, 9.17) is 9.31 Å². The zero-order chi connectivity index (χ0) is 21.4. The molecule has 6 heteroatoms. The van der Waals surface area contributed by atoms with E-state index in [1.165, 1.54) is 0 Å². The molecule has 2 aromatic carbocycles. The molecular formula is C22H32B2O4. The Morgan fingerprint density at radius 3 is 1.29 bits per heavy atom. The van der Waals surface area contributed by atoms with Gasteiger partial charge in [0.25, 0.3) is 0 Å². The average molecular weight is 382 g/mol. The van der Waals surface area contributed by atoms with Crippen LogP contribution in [0.1, 0.15) is 55.4 Å². The quantitative estimate of drug-likeness (QED) is 0.689. The molecule has 150 valence electrons. The summed E-state index contributed by atoms with van der Waals surface area (Å²) in [5, 5.41) is 22.6. The molecule has 2 radical (unpaired) electrons. The van der Waals surface area contributed by atoms with E-state index in [2.05, 4.69) is 0 Å². The van der Waals surface area contributed by atoms with Gasteiger partial charge in [-0.2, -0.15) is 0 Å². The molecule has 0 heterocycles. The predicted octanol–water partition coefficient (Wildman–Crippen LogP) is 2.46. The molecule has 0 bridgehead atoms. The zero-order valence-electron chi connectivity index (χ0n) is 18.3. The molecule has 0 fully saturated rings. The first-order valence-electron chi connectivity index (χ1n) is 9.63. The molecule has 0 aromatic heterocycles. The summed E-state index contributed by atoms with van der Waals surface area (Å²) in [4.78, 5) is 0. The smallest absolute Gasteiger partial charge is 0.330 e. The van der Waals surface area contributed by atoms with Crippen LogP contribution in [0.5, 0.6) is 0 Å². The van der Waals surface area contributed by atoms with Crippen molar-refractivity contribution >= 4 is 36.7 Å². The van der Waals surface area contributed by atoms with Gasteiger partial charge in [-0.15, -0.1) is 0 Å². The van der Waals surface area contributed by atoms with Gasteiger partial charge in [-0.05, 0) is 66.2 Å². The van der Waals surface area contributed by atoms with Gasteiger partial charge in [0.05, 0.1) is 22.4 Å². The maximum Gasteiger partial charge on any atom is 0.330 e. The summed E-state index contributed by atoms with van der Waals surface area (Å²) >= 11 is 0. The van der Waals surface area contributed by atoms with E-state index in [-0.39, 0.29) is 0 Å². The Morgan fingerprint density at radius 2 is 0.964 bits per heavy atom. The van der Waals surface area contributed by atoms with E-state index in [1.54, 1.807) is 42.7 Å². The van der Waals surface area contributed by atoms with Crippen LogP contribution in [0.3, 0.4) is 0 Å². The zero-order valence-corrected chi connectivity index (χ0v) is 18.3. The van der Waals surface area contributed by atoms with E-state index in [9.17, 15) is 10.2 Å². The predicted molar refractivity (Wildman–Crippen MR) is 118 cm³/mol. The molecule has 0 amide bonds. The minimum Gasteiger partial charge on any atom is -0.427 e. The standard InChI is InChI=1S/C22H32B2O4/c1-19(2,25)21(5,6)27-23-17-11-9-15-10-12-18(14-16(15)13-17)24-28-22(7,8)20(3,4)26/h9-14,25-26H,1-8H3. The van der Waals surface area contributed by atoms with Gasteiger partial charge >= 0.3 is 15.0 Å². The summed E-state index contributed by atoms with van der Waals surface area (Å²) in [6.07, 6.45) is 0. The van der Waals surface area contributed by atoms with Crippen LogP contribution >= 0.6 is 0 Å². The van der Waals surface area contributed by atoms with E-state index in [1.807, 2.05) is 64.1 Å². The van der Waals surface area contributed by atoms with Crippen molar-refractivity contribution in [1.82, 2.24) is 0 Å². The van der Waals surface area contributed by atoms with Gasteiger partial charge in [-0.1, -0.05) is 47.3 Å². The highest BCUT2D eigenvalue weighted by Crippen LogP contribution is 2.25. The van der Waals surface area contributed by atoms with E-state index < -0.39 is 22.4 Å². The van der Waals surface area contributed by atoms with Gasteiger partial charge in [-0.3, -0.25) is 0 Å². The minimum atomic E-state index is -0.965. The third-order valence-corrected chi connectivity index (χ3v) is 5.81. The molecule has 0 spiro atoms. The van der Waals surface area contributed by atoms with Crippen LogP contribution in [0.4, 0.5) is 0 Å². The molecule has 0 aliphatic rings. The minimum absolute atomic E-state index is 0.714. The summed E-state index contributed by atoms with van der Waals surface area (Å²) in [6, 6.07) is 12.1. The maximum absolute atomic E-state index is 10.2. The number of aliphatic hydroxyl groups is 2. The Balaban J connectivity index is 2.15.